The van der Waals surface area contributed by atoms with Gasteiger partial charge in [-0.1, -0.05) is 0 Å². The number of carbonyl (C=O) groups is 1. The number of benzene rings is 1. The first kappa shape index (κ1) is 12.5. The van der Waals surface area contributed by atoms with Gasteiger partial charge in [0, 0.05) is 23.6 Å². The van der Waals surface area contributed by atoms with Crippen molar-refractivity contribution in [1.29, 1.82) is 0 Å². The summed E-state index contributed by atoms with van der Waals surface area (Å²) in [5.41, 5.74) is 2.22. The van der Waals surface area contributed by atoms with Gasteiger partial charge in [0.25, 0.3) is 5.91 Å². The summed E-state index contributed by atoms with van der Waals surface area (Å²) in [5.74, 6) is 1.27. The first-order chi connectivity index (χ1) is 9.63. The molecule has 5 heteroatoms. The molecule has 0 unspecified atom stereocenters. The minimum absolute atomic E-state index is 0.0932. The molecule has 3 rings (SSSR count). The highest BCUT2D eigenvalue weighted by molar-refractivity contribution is 6.34. The van der Waals surface area contributed by atoms with Gasteiger partial charge in [0.2, 0.25) is 0 Å². The highest BCUT2D eigenvalue weighted by Gasteiger charge is 2.25. The zero-order valence-corrected chi connectivity index (χ0v) is 11.3. The summed E-state index contributed by atoms with van der Waals surface area (Å²) in [6, 6.07) is 5.59. The summed E-state index contributed by atoms with van der Waals surface area (Å²) in [6.07, 6.45) is 5.20. The van der Waals surface area contributed by atoms with Crippen molar-refractivity contribution in [3.63, 3.8) is 0 Å². The summed E-state index contributed by atoms with van der Waals surface area (Å²) in [5, 5.41) is 2.84. The number of hydrogen-bond acceptors (Lipinski definition) is 3. The number of H-pyrrole nitrogens is 1. The molecule has 20 heavy (non-hydrogen) atoms. The Morgan fingerprint density at radius 1 is 1.35 bits per heavy atom. The molecule has 1 aromatic carbocycles. The summed E-state index contributed by atoms with van der Waals surface area (Å²) in [6.45, 7) is 3.94. The lowest BCUT2D eigenvalue weighted by Crippen LogP contribution is -2.05. The summed E-state index contributed by atoms with van der Waals surface area (Å²) < 4.78 is 5.67. The molecular formula is C15H15N3O2. The minimum atomic E-state index is -0.127. The van der Waals surface area contributed by atoms with Crippen LogP contribution >= 0.6 is 0 Å². The molecule has 0 saturated heterocycles. The summed E-state index contributed by atoms with van der Waals surface area (Å²) in [7, 11) is 0. The van der Waals surface area contributed by atoms with Gasteiger partial charge in [-0.2, -0.15) is 0 Å². The third-order valence-corrected chi connectivity index (χ3v) is 2.95. The van der Waals surface area contributed by atoms with Gasteiger partial charge in [0.1, 0.15) is 11.6 Å². The van der Waals surface area contributed by atoms with Crippen molar-refractivity contribution < 1.29 is 9.53 Å². The van der Waals surface area contributed by atoms with Crippen LogP contribution < -0.4 is 10.1 Å². The molecule has 1 amide bonds. The number of imidazole rings is 1. The molecule has 2 heterocycles. The first-order valence-electron chi connectivity index (χ1n) is 6.47. The molecule has 2 N–H and O–H groups in total. The average Bonchev–Trinajstić information content (AvgIpc) is 2.99. The van der Waals surface area contributed by atoms with Gasteiger partial charge in [-0.3, -0.25) is 4.79 Å². The van der Waals surface area contributed by atoms with Crippen molar-refractivity contribution in [1.82, 2.24) is 9.97 Å². The monoisotopic (exact) mass is 269 g/mol. The maximum atomic E-state index is 12.0. The normalized spacial score (nSPS) is 15.6. The van der Waals surface area contributed by atoms with Crippen LogP contribution in [0.3, 0.4) is 0 Å². The summed E-state index contributed by atoms with van der Waals surface area (Å²) in [4.78, 5) is 19.1. The van der Waals surface area contributed by atoms with Gasteiger partial charge in [-0.15, -0.1) is 0 Å². The van der Waals surface area contributed by atoms with Crippen LogP contribution in [0.2, 0.25) is 0 Å². The van der Waals surface area contributed by atoms with E-state index < -0.39 is 0 Å². The average molecular weight is 269 g/mol. The van der Waals surface area contributed by atoms with Crippen molar-refractivity contribution in [2.75, 3.05) is 5.32 Å². The van der Waals surface area contributed by atoms with Crippen molar-refractivity contribution in [2.24, 2.45) is 0 Å². The van der Waals surface area contributed by atoms with Gasteiger partial charge in [0.05, 0.1) is 11.7 Å². The molecular weight excluding hydrogens is 254 g/mol. The van der Waals surface area contributed by atoms with Crippen LogP contribution in [0.4, 0.5) is 5.69 Å². The number of amides is 1. The molecule has 5 nitrogen and oxygen atoms in total. The number of ether oxygens (including phenoxy) is 1. The standard InChI is InChI=1S/C15H15N3O2/c1-9(2)20-10-3-4-13-11(7-10)12(15(19)18-13)8-14-16-5-6-17-14/h3-9H,1-2H3,(H,16,17)(H,18,19)/b12-8-. The Hall–Kier alpha value is -2.56. The molecule has 0 bridgehead atoms. The van der Waals surface area contributed by atoms with Crippen molar-refractivity contribution in [3.05, 3.63) is 42.0 Å². The number of rotatable bonds is 3. The molecule has 1 aliphatic heterocycles. The van der Waals surface area contributed by atoms with Gasteiger partial charge >= 0.3 is 0 Å². The Morgan fingerprint density at radius 2 is 2.20 bits per heavy atom. The Morgan fingerprint density at radius 3 is 2.90 bits per heavy atom. The maximum absolute atomic E-state index is 12.0. The SMILES string of the molecule is CC(C)Oc1ccc2c(c1)/C(=C/c1ncc[nH]1)C(=O)N2. The van der Waals surface area contributed by atoms with E-state index in [0.29, 0.717) is 11.4 Å². The number of aromatic amines is 1. The number of nitrogens with one attached hydrogen (secondary N) is 2. The minimum Gasteiger partial charge on any atom is -0.491 e. The number of carbonyl (C=O) groups excluding carboxylic acids is 1. The van der Waals surface area contributed by atoms with Crippen molar-refractivity contribution in [3.8, 4) is 5.75 Å². The Labute approximate surface area is 116 Å². The maximum Gasteiger partial charge on any atom is 0.256 e. The van der Waals surface area contributed by atoms with Crippen LogP contribution in [-0.2, 0) is 4.79 Å². The number of fused-ring (bicyclic) bond motifs is 1. The van der Waals surface area contributed by atoms with E-state index in [9.17, 15) is 4.79 Å². The van der Waals surface area contributed by atoms with E-state index in [1.165, 1.54) is 0 Å². The van der Waals surface area contributed by atoms with Gasteiger partial charge in [-0.25, -0.2) is 4.98 Å². The van der Waals surface area contributed by atoms with E-state index in [1.54, 1.807) is 18.5 Å². The lowest BCUT2D eigenvalue weighted by atomic mass is 10.1. The smallest absolute Gasteiger partial charge is 0.256 e. The molecule has 0 spiro atoms. The van der Waals surface area contributed by atoms with Crippen LogP contribution in [-0.4, -0.2) is 22.0 Å². The highest BCUT2D eigenvalue weighted by atomic mass is 16.5. The van der Waals surface area contributed by atoms with Crippen LogP contribution in [0.5, 0.6) is 5.75 Å². The molecule has 2 aromatic rings. The van der Waals surface area contributed by atoms with E-state index in [-0.39, 0.29) is 12.0 Å². The molecule has 0 saturated carbocycles. The number of hydrogen-bond donors (Lipinski definition) is 2. The predicted molar refractivity (Wildman–Crippen MR) is 77.3 cm³/mol. The zero-order chi connectivity index (χ0) is 14.1. The van der Waals surface area contributed by atoms with E-state index in [1.807, 2.05) is 32.0 Å². The largest absolute Gasteiger partial charge is 0.491 e. The van der Waals surface area contributed by atoms with Crippen LogP contribution in [0, 0.1) is 0 Å². The molecule has 1 aromatic heterocycles. The van der Waals surface area contributed by atoms with E-state index in [4.69, 9.17) is 4.74 Å². The number of anilines is 1. The molecule has 0 atom stereocenters. The number of aromatic nitrogens is 2. The molecule has 0 radical (unpaired) electrons. The Balaban J connectivity index is 2.02. The highest BCUT2D eigenvalue weighted by Crippen LogP contribution is 2.35. The second kappa shape index (κ2) is 4.85. The quantitative estimate of drug-likeness (QED) is 0.842. The molecule has 0 fully saturated rings. The molecule has 102 valence electrons. The van der Waals surface area contributed by atoms with E-state index >= 15 is 0 Å². The topological polar surface area (TPSA) is 67.0 Å². The van der Waals surface area contributed by atoms with Gasteiger partial charge in [-0.05, 0) is 38.1 Å². The van der Waals surface area contributed by atoms with Crippen molar-refractivity contribution >= 4 is 23.2 Å². The fourth-order valence-corrected chi connectivity index (χ4v) is 2.15. The second-order valence-corrected chi connectivity index (χ2v) is 4.86. The lowest BCUT2D eigenvalue weighted by molar-refractivity contribution is -0.110. The van der Waals surface area contributed by atoms with E-state index in [2.05, 4.69) is 15.3 Å². The zero-order valence-electron chi connectivity index (χ0n) is 11.3. The molecule has 1 aliphatic rings. The van der Waals surface area contributed by atoms with Crippen LogP contribution in [0.25, 0.3) is 11.6 Å². The van der Waals surface area contributed by atoms with Crippen LogP contribution in [0.15, 0.2) is 30.6 Å². The van der Waals surface area contributed by atoms with E-state index in [0.717, 1.165) is 17.0 Å². The van der Waals surface area contributed by atoms with Gasteiger partial charge < -0.3 is 15.0 Å². The Kier molecular flexibility index (Phi) is 3.02. The van der Waals surface area contributed by atoms with Crippen molar-refractivity contribution in [2.45, 2.75) is 20.0 Å². The third-order valence-electron chi connectivity index (χ3n) is 2.95. The van der Waals surface area contributed by atoms with Crippen LogP contribution in [0.1, 0.15) is 25.2 Å². The molecule has 0 aliphatic carbocycles. The first-order valence-corrected chi connectivity index (χ1v) is 6.47. The lowest BCUT2D eigenvalue weighted by Gasteiger charge is -2.10. The second-order valence-electron chi connectivity index (χ2n) is 4.86. The fraction of sp³-hybridized carbons (Fsp3) is 0.200. The number of nitrogens with zero attached hydrogens (tertiary/aromatic N) is 1. The summed E-state index contributed by atoms with van der Waals surface area (Å²) >= 11 is 0. The third kappa shape index (κ3) is 2.30. The fourth-order valence-electron chi connectivity index (χ4n) is 2.15. The van der Waals surface area contributed by atoms with Gasteiger partial charge in [0.15, 0.2) is 0 Å². The Bertz CT molecular complexity index is 672. The predicted octanol–water partition coefficient (Wildman–Crippen LogP) is 2.69.